The third-order valence-electron chi connectivity index (χ3n) is 3.22. The standard InChI is InChI=1S/C16H19F3O5S/c1-9(2)5-4-6-10(3)7-8-24-15-11(17)12(18)16(25(21,22)23)14(20)13(15)19/h5,7,20H,4,6,8H2,1-3H3,(H,21,22,23)/b10-7+. The molecule has 0 aliphatic heterocycles. The van der Waals surface area contributed by atoms with E-state index >= 15 is 0 Å². The minimum absolute atomic E-state index is 0.321. The van der Waals surface area contributed by atoms with Gasteiger partial charge in [-0.05, 0) is 39.7 Å². The van der Waals surface area contributed by atoms with Gasteiger partial charge in [0.05, 0.1) is 0 Å². The lowest BCUT2D eigenvalue weighted by Gasteiger charge is -2.11. The third-order valence-corrected chi connectivity index (χ3v) is 4.11. The number of hydrogen-bond acceptors (Lipinski definition) is 4. The first kappa shape index (κ1) is 21.0. The van der Waals surface area contributed by atoms with E-state index in [9.17, 15) is 26.7 Å². The Morgan fingerprint density at radius 2 is 1.68 bits per heavy atom. The van der Waals surface area contributed by atoms with Crippen molar-refractivity contribution in [3.8, 4) is 11.5 Å². The van der Waals surface area contributed by atoms with E-state index in [-0.39, 0.29) is 6.61 Å². The molecular weight excluding hydrogens is 361 g/mol. The molecule has 1 aromatic rings. The van der Waals surface area contributed by atoms with Crippen LogP contribution >= 0.6 is 0 Å². The van der Waals surface area contributed by atoms with Gasteiger partial charge in [-0.25, -0.2) is 4.39 Å². The van der Waals surface area contributed by atoms with Crippen LogP contribution in [0.15, 0.2) is 28.2 Å². The smallest absolute Gasteiger partial charge is 0.301 e. The van der Waals surface area contributed by atoms with E-state index in [1.54, 1.807) is 6.92 Å². The van der Waals surface area contributed by atoms with Gasteiger partial charge in [-0.2, -0.15) is 17.2 Å². The molecule has 2 N–H and O–H groups in total. The Hall–Kier alpha value is -2.00. The zero-order valence-corrected chi connectivity index (χ0v) is 14.8. The molecule has 0 aliphatic carbocycles. The topological polar surface area (TPSA) is 83.8 Å². The van der Waals surface area contributed by atoms with Gasteiger partial charge in [0, 0.05) is 0 Å². The summed E-state index contributed by atoms with van der Waals surface area (Å²) in [6.45, 7) is 5.35. The molecule has 0 spiro atoms. The van der Waals surface area contributed by atoms with Crippen molar-refractivity contribution in [1.29, 1.82) is 0 Å². The van der Waals surface area contributed by atoms with Crippen LogP contribution in [0.1, 0.15) is 33.6 Å². The molecule has 9 heteroatoms. The Morgan fingerprint density at radius 1 is 1.08 bits per heavy atom. The maximum atomic E-state index is 13.9. The predicted molar refractivity (Wildman–Crippen MR) is 85.7 cm³/mol. The van der Waals surface area contributed by atoms with E-state index in [0.717, 1.165) is 17.6 Å². The molecular formula is C16H19F3O5S. The maximum absolute atomic E-state index is 13.9. The van der Waals surface area contributed by atoms with Crippen LogP contribution in [0.2, 0.25) is 0 Å². The number of phenolic OH excluding ortho intramolecular Hbond substituents is 1. The van der Waals surface area contributed by atoms with Crippen LogP contribution in [-0.2, 0) is 10.1 Å². The second-order valence-corrected chi connectivity index (χ2v) is 6.96. The van der Waals surface area contributed by atoms with Crippen molar-refractivity contribution in [3.05, 3.63) is 40.7 Å². The summed E-state index contributed by atoms with van der Waals surface area (Å²) in [6, 6.07) is 0. The van der Waals surface area contributed by atoms with Crippen LogP contribution in [0.25, 0.3) is 0 Å². The summed E-state index contributed by atoms with van der Waals surface area (Å²) in [7, 11) is -5.36. The highest BCUT2D eigenvalue weighted by Crippen LogP contribution is 2.37. The van der Waals surface area contributed by atoms with Gasteiger partial charge in [0.1, 0.15) is 6.61 Å². The first-order valence-corrected chi connectivity index (χ1v) is 8.69. The summed E-state index contributed by atoms with van der Waals surface area (Å²) >= 11 is 0. The van der Waals surface area contributed by atoms with Crippen molar-refractivity contribution in [2.75, 3.05) is 6.61 Å². The zero-order chi connectivity index (χ0) is 19.4. The summed E-state index contributed by atoms with van der Waals surface area (Å²) in [5.41, 5.74) is 2.01. The number of benzene rings is 1. The van der Waals surface area contributed by atoms with Crippen LogP contribution in [0, 0.1) is 17.5 Å². The highest BCUT2D eigenvalue weighted by Gasteiger charge is 2.32. The van der Waals surface area contributed by atoms with Crippen LogP contribution in [0.5, 0.6) is 11.5 Å². The lowest BCUT2D eigenvalue weighted by molar-refractivity contribution is 0.291. The van der Waals surface area contributed by atoms with Gasteiger partial charge in [0.2, 0.25) is 11.6 Å². The van der Waals surface area contributed by atoms with Crippen LogP contribution in [-0.4, -0.2) is 24.7 Å². The summed E-state index contributed by atoms with van der Waals surface area (Å²) in [5.74, 6) is -8.92. The Morgan fingerprint density at radius 3 is 2.20 bits per heavy atom. The van der Waals surface area contributed by atoms with Crippen LogP contribution in [0.3, 0.4) is 0 Å². The number of ether oxygens (including phenoxy) is 1. The second-order valence-electron chi connectivity index (χ2n) is 5.61. The van der Waals surface area contributed by atoms with Gasteiger partial charge in [-0.3, -0.25) is 4.55 Å². The average Bonchev–Trinajstić information content (AvgIpc) is 2.47. The quantitative estimate of drug-likeness (QED) is 0.422. The number of hydrogen-bond donors (Lipinski definition) is 2. The van der Waals surface area contributed by atoms with E-state index in [0.29, 0.717) is 6.42 Å². The highest BCUT2D eigenvalue weighted by molar-refractivity contribution is 7.86. The lowest BCUT2D eigenvalue weighted by atomic mass is 10.1. The normalized spacial score (nSPS) is 12.2. The van der Waals surface area contributed by atoms with Crippen molar-refractivity contribution in [1.82, 2.24) is 0 Å². The Bertz CT molecular complexity index is 781. The molecule has 0 unspecified atom stereocenters. The monoisotopic (exact) mass is 380 g/mol. The first-order valence-electron chi connectivity index (χ1n) is 7.25. The van der Waals surface area contributed by atoms with Gasteiger partial charge in [0.15, 0.2) is 22.2 Å². The summed E-state index contributed by atoms with van der Waals surface area (Å²) in [4.78, 5) is -1.87. The van der Waals surface area contributed by atoms with Gasteiger partial charge < -0.3 is 9.84 Å². The summed E-state index contributed by atoms with van der Waals surface area (Å²) in [5, 5.41) is 9.37. The fourth-order valence-corrected chi connectivity index (χ4v) is 2.58. The summed E-state index contributed by atoms with van der Waals surface area (Å²) in [6.07, 6.45) is 4.98. The molecule has 25 heavy (non-hydrogen) atoms. The molecule has 0 atom stereocenters. The van der Waals surface area contributed by atoms with Crippen LogP contribution in [0.4, 0.5) is 13.2 Å². The largest absolute Gasteiger partial charge is 0.504 e. The number of halogens is 3. The fourth-order valence-electron chi connectivity index (χ4n) is 1.93. The molecule has 0 aromatic heterocycles. The number of phenols is 1. The van der Waals surface area contributed by atoms with Crippen LogP contribution < -0.4 is 4.74 Å². The van der Waals surface area contributed by atoms with Crippen molar-refractivity contribution >= 4 is 10.1 Å². The zero-order valence-electron chi connectivity index (χ0n) is 13.9. The lowest BCUT2D eigenvalue weighted by Crippen LogP contribution is -2.09. The molecule has 0 aliphatic rings. The molecule has 0 radical (unpaired) electrons. The molecule has 140 valence electrons. The van der Waals surface area contributed by atoms with E-state index in [2.05, 4.69) is 0 Å². The molecule has 0 heterocycles. The van der Waals surface area contributed by atoms with Crippen molar-refractivity contribution in [3.63, 3.8) is 0 Å². The van der Waals surface area contributed by atoms with Crippen molar-refractivity contribution in [2.24, 2.45) is 0 Å². The van der Waals surface area contributed by atoms with Crippen molar-refractivity contribution < 1.29 is 36.0 Å². The molecule has 0 amide bonds. The number of allylic oxidation sites excluding steroid dienone is 3. The van der Waals surface area contributed by atoms with E-state index in [1.165, 1.54) is 6.08 Å². The Balaban J connectivity index is 3.00. The summed E-state index contributed by atoms with van der Waals surface area (Å²) < 4.78 is 76.7. The molecule has 1 aromatic carbocycles. The van der Waals surface area contributed by atoms with E-state index in [1.807, 2.05) is 19.9 Å². The van der Waals surface area contributed by atoms with Gasteiger partial charge in [-0.15, -0.1) is 0 Å². The molecule has 0 bridgehead atoms. The van der Waals surface area contributed by atoms with Gasteiger partial charge in [-0.1, -0.05) is 17.2 Å². The maximum Gasteiger partial charge on any atom is 0.301 e. The number of rotatable bonds is 7. The van der Waals surface area contributed by atoms with Gasteiger partial charge >= 0.3 is 10.1 Å². The van der Waals surface area contributed by atoms with E-state index < -0.39 is 44.0 Å². The average molecular weight is 380 g/mol. The third kappa shape index (κ3) is 5.50. The molecule has 5 nitrogen and oxygen atoms in total. The van der Waals surface area contributed by atoms with Crippen molar-refractivity contribution in [2.45, 2.75) is 38.5 Å². The SMILES string of the molecule is CC(C)=CCC/C(C)=C/COc1c(F)c(O)c(S(=O)(=O)O)c(F)c1F. The minimum Gasteiger partial charge on any atom is -0.504 e. The molecule has 1 rings (SSSR count). The number of aromatic hydroxyl groups is 1. The molecule has 0 fully saturated rings. The molecule has 0 saturated carbocycles. The highest BCUT2D eigenvalue weighted by atomic mass is 32.2. The fraction of sp³-hybridized carbons (Fsp3) is 0.375. The van der Waals surface area contributed by atoms with Gasteiger partial charge in [0.25, 0.3) is 0 Å². The Kier molecular flexibility index (Phi) is 7.06. The van der Waals surface area contributed by atoms with E-state index in [4.69, 9.17) is 9.29 Å². The predicted octanol–water partition coefficient (Wildman–Crippen LogP) is 4.13. The first-order chi connectivity index (χ1) is 11.5. The molecule has 0 saturated heterocycles. The minimum atomic E-state index is -5.36. The second kappa shape index (κ2) is 8.39. The Labute approximate surface area is 144 Å².